The van der Waals surface area contributed by atoms with Gasteiger partial charge in [-0.05, 0) is 32.0 Å². The third-order valence-electron chi connectivity index (χ3n) is 3.39. The van der Waals surface area contributed by atoms with Crippen LogP contribution in [-0.2, 0) is 4.79 Å². The van der Waals surface area contributed by atoms with E-state index in [4.69, 9.17) is 16.3 Å². The molecule has 20 heavy (non-hydrogen) atoms. The maximum Gasteiger partial charge on any atom is 0.260 e. The first kappa shape index (κ1) is 15.1. The van der Waals surface area contributed by atoms with Crippen molar-refractivity contribution in [2.45, 2.75) is 18.9 Å². The summed E-state index contributed by atoms with van der Waals surface area (Å²) < 4.78 is 18.4. The Morgan fingerprint density at radius 2 is 2.40 bits per heavy atom. The van der Waals surface area contributed by atoms with Gasteiger partial charge in [-0.15, -0.1) is 0 Å². The van der Waals surface area contributed by atoms with Gasteiger partial charge in [0, 0.05) is 25.2 Å². The first-order valence-electron chi connectivity index (χ1n) is 6.63. The average molecular weight is 301 g/mol. The molecule has 2 rings (SSSR count). The summed E-state index contributed by atoms with van der Waals surface area (Å²) in [6.45, 7) is 1.50. The number of carbonyl (C=O) groups is 1. The van der Waals surface area contributed by atoms with Gasteiger partial charge in [-0.3, -0.25) is 4.79 Å². The molecular weight excluding hydrogens is 283 g/mol. The van der Waals surface area contributed by atoms with E-state index in [1.165, 1.54) is 18.2 Å². The molecule has 1 atom stereocenters. The Labute approximate surface area is 122 Å². The van der Waals surface area contributed by atoms with Gasteiger partial charge in [0.25, 0.3) is 5.91 Å². The molecule has 0 unspecified atom stereocenters. The molecule has 6 heteroatoms. The number of ether oxygens (including phenoxy) is 1. The molecule has 1 amide bonds. The molecule has 0 aliphatic carbocycles. The zero-order chi connectivity index (χ0) is 14.5. The van der Waals surface area contributed by atoms with E-state index in [9.17, 15) is 9.18 Å². The van der Waals surface area contributed by atoms with Gasteiger partial charge < -0.3 is 15.0 Å². The van der Waals surface area contributed by atoms with E-state index in [1.54, 1.807) is 0 Å². The van der Waals surface area contributed by atoms with E-state index in [1.807, 2.05) is 11.9 Å². The molecule has 0 bridgehead atoms. The number of nitrogens with zero attached hydrogens (tertiary/aromatic N) is 1. The van der Waals surface area contributed by atoms with Crippen LogP contribution in [0.15, 0.2) is 18.2 Å². The molecule has 1 heterocycles. The topological polar surface area (TPSA) is 41.6 Å². The zero-order valence-corrected chi connectivity index (χ0v) is 12.1. The van der Waals surface area contributed by atoms with Crippen LogP contribution in [0.5, 0.6) is 5.75 Å². The van der Waals surface area contributed by atoms with Crippen molar-refractivity contribution in [1.82, 2.24) is 10.2 Å². The van der Waals surface area contributed by atoms with Crippen molar-refractivity contribution < 1.29 is 13.9 Å². The van der Waals surface area contributed by atoms with Gasteiger partial charge in [-0.1, -0.05) is 11.6 Å². The van der Waals surface area contributed by atoms with E-state index in [-0.39, 0.29) is 23.6 Å². The smallest absolute Gasteiger partial charge is 0.260 e. The fraction of sp³-hybridized carbons (Fsp3) is 0.500. The molecule has 0 aromatic heterocycles. The standard InChI is InChI=1S/C14H18ClFN2O2/c1-17-8-10-3-2-6-18(10)14(19)9-20-11-4-5-13(16)12(15)7-11/h4-5,7,10,17H,2-3,6,8-9H2,1H3/t10-/m1/s1. The molecule has 1 aromatic carbocycles. The Hall–Kier alpha value is -1.33. The van der Waals surface area contributed by atoms with E-state index in [2.05, 4.69) is 5.32 Å². The zero-order valence-electron chi connectivity index (χ0n) is 11.4. The number of hydrogen-bond donors (Lipinski definition) is 1. The van der Waals surface area contributed by atoms with Gasteiger partial charge >= 0.3 is 0 Å². The number of benzene rings is 1. The number of hydrogen-bond acceptors (Lipinski definition) is 3. The summed E-state index contributed by atoms with van der Waals surface area (Å²) in [5, 5.41) is 3.08. The summed E-state index contributed by atoms with van der Waals surface area (Å²) in [6, 6.07) is 4.29. The minimum absolute atomic E-state index is 0.0100. The predicted octanol–water partition coefficient (Wildman–Crippen LogP) is 2.07. The highest BCUT2D eigenvalue weighted by molar-refractivity contribution is 6.30. The Balaban J connectivity index is 1.89. The minimum atomic E-state index is -0.501. The van der Waals surface area contributed by atoms with Crippen LogP contribution in [0.4, 0.5) is 4.39 Å². The first-order valence-corrected chi connectivity index (χ1v) is 7.01. The minimum Gasteiger partial charge on any atom is -0.484 e. The highest BCUT2D eigenvalue weighted by Crippen LogP contribution is 2.22. The number of amides is 1. The first-order chi connectivity index (χ1) is 9.61. The quantitative estimate of drug-likeness (QED) is 0.905. The van der Waals surface area contributed by atoms with Crippen molar-refractivity contribution in [2.75, 3.05) is 26.7 Å². The number of halogens is 2. The summed E-state index contributed by atoms with van der Waals surface area (Å²) in [5.74, 6) is -0.156. The Morgan fingerprint density at radius 3 is 3.10 bits per heavy atom. The molecule has 1 aromatic rings. The summed E-state index contributed by atoms with van der Waals surface area (Å²) in [6.07, 6.45) is 2.02. The third-order valence-corrected chi connectivity index (χ3v) is 3.68. The maximum absolute atomic E-state index is 13.0. The number of carbonyl (C=O) groups excluding carboxylic acids is 1. The number of rotatable bonds is 5. The Morgan fingerprint density at radius 1 is 1.60 bits per heavy atom. The Kier molecular flexibility index (Phi) is 5.20. The van der Waals surface area contributed by atoms with Gasteiger partial charge in [0.2, 0.25) is 0 Å². The lowest BCUT2D eigenvalue weighted by atomic mass is 10.2. The van der Waals surface area contributed by atoms with Crippen LogP contribution in [0.3, 0.4) is 0 Å². The van der Waals surface area contributed by atoms with Crippen LogP contribution in [-0.4, -0.2) is 43.6 Å². The molecule has 0 radical (unpaired) electrons. The van der Waals surface area contributed by atoms with Gasteiger partial charge in [-0.25, -0.2) is 4.39 Å². The van der Waals surface area contributed by atoms with E-state index in [0.717, 1.165) is 25.9 Å². The summed E-state index contributed by atoms with van der Waals surface area (Å²) in [4.78, 5) is 14.0. The predicted molar refractivity (Wildman–Crippen MR) is 75.6 cm³/mol. The summed E-state index contributed by atoms with van der Waals surface area (Å²) >= 11 is 5.66. The normalized spacial score (nSPS) is 18.4. The molecule has 4 nitrogen and oxygen atoms in total. The van der Waals surface area contributed by atoms with Crippen molar-refractivity contribution in [3.05, 3.63) is 29.0 Å². The lowest BCUT2D eigenvalue weighted by Gasteiger charge is -2.24. The molecule has 1 aliphatic rings. The van der Waals surface area contributed by atoms with E-state index >= 15 is 0 Å². The van der Waals surface area contributed by atoms with Crippen LogP contribution in [0.25, 0.3) is 0 Å². The van der Waals surface area contributed by atoms with E-state index in [0.29, 0.717) is 5.75 Å². The lowest BCUT2D eigenvalue weighted by molar-refractivity contribution is -0.134. The number of nitrogens with one attached hydrogen (secondary N) is 1. The Bertz CT molecular complexity index is 484. The second-order valence-corrected chi connectivity index (χ2v) is 5.21. The third kappa shape index (κ3) is 3.61. The molecule has 1 N–H and O–H groups in total. The van der Waals surface area contributed by atoms with Crippen molar-refractivity contribution in [3.63, 3.8) is 0 Å². The van der Waals surface area contributed by atoms with Crippen LogP contribution < -0.4 is 10.1 Å². The molecular formula is C14H18ClFN2O2. The molecule has 110 valence electrons. The van der Waals surface area contributed by atoms with Gasteiger partial charge in [0.15, 0.2) is 6.61 Å². The van der Waals surface area contributed by atoms with Gasteiger partial charge in [0.1, 0.15) is 11.6 Å². The average Bonchev–Trinajstić information content (AvgIpc) is 2.88. The van der Waals surface area contributed by atoms with Crippen LogP contribution >= 0.6 is 11.6 Å². The fourth-order valence-electron chi connectivity index (χ4n) is 2.41. The van der Waals surface area contributed by atoms with Crippen LogP contribution in [0.2, 0.25) is 5.02 Å². The van der Waals surface area contributed by atoms with Gasteiger partial charge in [-0.2, -0.15) is 0 Å². The second-order valence-electron chi connectivity index (χ2n) is 4.81. The summed E-state index contributed by atoms with van der Waals surface area (Å²) in [7, 11) is 1.87. The molecule has 0 saturated carbocycles. The monoisotopic (exact) mass is 300 g/mol. The molecule has 1 fully saturated rings. The van der Waals surface area contributed by atoms with Crippen LogP contribution in [0, 0.1) is 5.82 Å². The summed E-state index contributed by atoms with van der Waals surface area (Å²) in [5.41, 5.74) is 0. The van der Waals surface area contributed by atoms with Crippen molar-refractivity contribution in [3.8, 4) is 5.75 Å². The lowest BCUT2D eigenvalue weighted by Crippen LogP contribution is -2.43. The highest BCUT2D eigenvalue weighted by Gasteiger charge is 2.28. The largest absolute Gasteiger partial charge is 0.484 e. The highest BCUT2D eigenvalue weighted by atomic mass is 35.5. The molecule has 1 saturated heterocycles. The molecule has 0 spiro atoms. The molecule has 1 aliphatic heterocycles. The fourth-order valence-corrected chi connectivity index (χ4v) is 2.58. The van der Waals surface area contributed by atoms with Crippen molar-refractivity contribution >= 4 is 17.5 Å². The van der Waals surface area contributed by atoms with Crippen LogP contribution in [0.1, 0.15) is 12.8 Å². The second kappa shape index (κ2) is 6.90. The SMILES string of the molecule is CNC[C@H]1CCCN1C(=O)COc1ccc(F)c(Cl)c1. The maximum atomic E-state index is 13.0. The van der Waals surface area contributed by atoms with Crippen molar-refractivity contribution in [1.29, 1.82) is 0 Å². The van der Waals surface area contributed by atoms with Crippen molar-refractivity contribution in [2.24, 2.45) is 0 Å². The number of likely N-dealkylation sites (N-methyl/N-ethyl adjacent to an activating group) is 1. The van der Waals surface area contributed by atoms with Gasteiger partial charge in [0.05, 0.1) is 5.02 Å². The number of likely N-dealkylation sites (tertiary alicyclic amines) is 1. The van der Waals surface area contributed by atoms with E-state index < -0.39 is 5.82 Å².